The Balaban J connectivity index is 1.79. The van der Waals surface area contributed by atoms with Gasteiger partial charge in [-0.05, 0) is 41.5 Å². The Bertz CT molecular complexity index is 1480. The maximum absolute atomic E-state index is 13.4. The Morgan fingerprint density at radius 3 is 2.39 bits per heavy atom. The van der Waals surface area contributed by atoms with Crippen LogP contribution in [0.4, 0.5) is 0 Å². The number of aromatic amines is 1. The zero-order chi connectivity index (χ0) is 23.1. The quantitative estimate of drug-likeness (QED) is 0.384. The number of H-pyrrole nitrogens is 1. The molecule has 5 rings (SSSR count). The van der Waals surface area contributed by atoms with Gasteiger partial charge in [-0.3, -0.25) is 15.0 Å². The third kappa shape index (κ3) is 3.80. The lowest BCUT2D eigenvalue weighted by Gasteiger charge is -2.25. The molecule has 0 aliphatic carbocycles. The van der Waals surface area contributed by atoms with Crippen molar-refractivity contribution < 1.29 is 4.79 Å². The summed E-state index contributed by atoms with van der Waals surface area (Å²) in [5.74, 6) is -0.201. The lowest BCUT2D eigenvalue weighted by molar-refractivity contribution is -0.132. The van der Waals surface area contributed by atoms with Crippen molar-refractivity contribution in [3.63, 3.8) is 0 Å². The fourth-order valence-corrected chi connectivity index (χ4v) is 4.67. The number of fused-ring (bicyclic) bond motifs is 1. The van der Waals surface area contributed by atoms with Crippen LogP contribution in [0.15, 0.2) is 83.7 Å². The van der Waals surface area contributed by atoms with Gasteiger partial charge in [0.2, 0.25) is 5.91 Å². The largest absolute Gasteiger partial charge is 0.321 e. The molecule has 2 N–H and O–H groups in total. The highest BCUT2D eigenvalue weighted by Crippen LogP contribution is 2.39. The van der Waals surface area contributed by atoms with Crippen LogP contribution in [0.25, 0.3) is 27.7 Å². The van der Waals surface area contributed by atoms with Gasteiger partial charge in [-0.15, -0.1) is 0 Å². The maximum Gasteiger partial charge on any atom is 0.258 e. The molecular weight excluding hydrogens is 457 g/mol. The summed E-state index contributed by atoms with van der Waals surface area (Å²) in [7, 11) is 0. The average Bonchev–Trinajstić information content (AvgIpc) is 3.24. The van der Waals surface area contributed by atoms with Gasteiger partial charge in [-0.1, -0.05) is 71.7 Å². The Kier molecular flexibility index (Phi) is 5.44. The predicted octanol–water partition coefficient (Wildman–Crippen LogP) is 5.95. The van der Waals surface area contributed by atoms with E-state index >= 15 is 0 Å². The van der Waals surface area contributed by atoms with Crippen LogP contribution in [0.1, 0.15) is 24.1 Å². The van der Waals surface area contributed by atoms with Gasteiger partial charge in [0.25, 0.3) is 5.56 Å². The van der Waals surface area contributed by atoms with Crippen molar-refractivity contribution in [2.75, 3.05) is 0 Å². The van der Waals surface area contributed by atoms with Gasteiger partial charge in [0, 0.05) is 33.4 Å². The number of hydrogen-bond donors (Lipinski definition) is 2. The lowest BCUT2D eigenvalue weighted by atomic mass is 9.94. The van der Waals surface area contributed by atoms with Gasteiger partial charge in [0.15, 0.2) is 0 Å². The van der Waals surface area contributed by atoms with Crippen molar-refractivity contribution in [3.05, 3.63) is 110 Å². The second-order valence-electron chi connectivity index (χ2n) is 7.81. The summed E-state index contributed by atoms with van der Waals surface area (Å²) in [6, 6.07) is 21.9. The van der Waals surface area contributed by atoms with Crippen molar-refractivity contribution in [3.8, 4) is 11.1 Å². The molecule has 1 atom stereocenters. The SMILES string of the molecule is CC(=O)N1NC(c2c(-c3ccccc3)c3cc(Cl)ccc3[nH]c2=O)=C[C@H]1c1ccccc1Cl. The summed E-state index contributed by atoms with van der Waals surface area (Å²) in [5, 5.41) is 3.38. The first-order valence-electron chi connectivity index (χ1n) is 10.4. The number of rotatable bonds is 3. The van der Waals surface area contributed by atoms with Crippen LogP contribution in [0.5, 0.6) is 0 Å². The lowest BCUT2D eigenvalue weighted by Crippen LogP contribution is -2.38. The van der Waals surface area contributed by atoms with Gasteiger partial charge in [-0.2, -0.15) is 0 Å². The van der Waals surface area contributed by atoms with E-state index in [9.17, 15) is 9.59 Å². The van der Waals surface area contributed by atoms with Crippen LogP contribution in [0.3, 0.4) is 0 Å². The summed E-state index contributed by atoms with van der Waals surface area (Å²) in [4.78, 5) is 28.8. The molecule has 0 spiro atoms. The highest BCUT2D eigenvalue weighted by molar-refractivity contribution is 6.32. The van der Waals surface area contributed by atoms with E-state index < -0.39 is 6.04 Å². The zero-order valence-electron chi connectivity index (χ0n) is 17.6. The van der Waals surface area contributed by atoms with Crippen LogP contribution in [0.2, 0.25) is 10.0 Å². The molecule has 1 aliphatic rings. The molecule has 0 saturated heterocycles. The summed E-state index contributed by atoms with van der Waals surface area (Å²) in [5.41, 5.74) is 6.87. The molecular formula is C26H19Cl2N3O2. The van der Waals surface area contributed by atoms with E-state index in [-0.39, 0.29) is 11.5 Å². The number of carbonyl (C=O) groups excluding carboxylic acids is 1. The minimum absolute atomic E-state index is 0.201. The normalized spacial score (nSPS) is 15.4. The number of hydrogen-bond acceptors (Lipinski definition) is 3. The molecule has 1 aliphatic heterocycles. The van der Waals surface area contributed by atoms with Gasteiger partial charge in [0.1, 0.15) is 6.04 Å². The van der Waals surface area contributed by atoms with E-state index in [1.54, 1.807) is 18.2 Å². The molecule has 0 unspecified atom stereocenters. The van der Waals surface area contributed by atoms with Gasteiger partial charge >= 0.3 is 0 Å². The maximum atomic E-state index is 13.4. The second-order valence-corrected chi connectivity index (χ2v) is 8.65. The molecule has 1 aromatic heterocycles. The molecule has 4 aromatic rings. The highest BCUT2D eigenvalue weighted by atomic mass is 35.5. The van der Waals surface area contributed by atoms with E-state index in [1.165, 1.54) is 11.9 Å². The number of amides is 1. The van der Waals surface area contributed by atoms with E-state index in [4.69, 9.17) is 23.2 Å². The van der Waals surface area contributed by atoms with Crippen molar-refractivity contribution >= 4 is 45.7 Å². The number of carbonyl (C=O) groups is 1. The second kappa shape index (κ2) is 8.43. The molecule has 0 saturated carbocycles. The first kappa shape index (κ1) is 21.3. The fraction of sp³-hybridized carbons (Fsp3) is 0.0769. The molecule has 2 heterocycles. The third-order valence-corrected chi connectivity index (χ3v) is 6.29. The van der Waals surface area contributed by atoms with Crippen molar-refractivity contribution in [1.82, 2.24) is 15.4 Å². The summed E-state index contributed by atoms with van der Waals surface area (Å²) in [6.07, 6.45) is 1.86. The Hall–Kier alpha value is -3.54. The molecule has 3 aromatic carbocycles. The van der Waals surface area contributed by atoms with Crippen molar-refractivity contribution in [1.29, 1.82) is 0 Å². The average molecular weight is 476 g/mol. The van der Waals surface area contributed by atoms with Crippen LogP contribution in [-0.4, -0.2) is 15.9 Å². The molecule has 0 radical (unpaired) electrons. The van der Waals surface area contributed by atoms with Gasteiger partial charge in [-0.25, -0.2) is 5.01 Å². The molecule has 164 valence electrons. The molecule has 0 bridgehead atoms. The van der Waals surface area contributed by atoms with E-state index in [0.29, 0.717) is 26.8 Å². The van der Waals surface area contributed by atoms with E-state index in [0.717, 1.165) is 22.1 Å². The molecule has 1 amide bonds. The monoisotopic (exact) mass is 475 g/mol. The van der Waals surface area contributed by atoms with E-state index in [2.05, 4.69) is 10.4 Å². The van der Waals surface area contributed by atoms with Crippen LogP contribution < -0.4 is 11.0 Å². The molecule has 33 heavy (non-hydrogen) atoms. The smallest absolute Gasteiger partial charge is 0.258 e. The fourth-order valence-electron chi connectivity index (χ4n) is 4.25. The summed E-state index contributed by atoms with van der Waals surface area (Å²) >= 11 is 12.8. The third-order valence-electron chi connectivity index (χ3n) is 5.71. The Morgan fingerprint density at radius 2 is 1.67 bits per heavy atom. The minimum Gasteiger partial charge on any atom is -0.321 e. The number of benzene rings is 3. The van der Waals surface area contributed by atoms with Crippen LogP contribution >= 0.6 is 23.2 Å². The molecule has 5 nitrogen and oxygen atoms in total. The summed E-state index contributed by atoms with van der Waals surface area (Å²) < 4.78 is 0. The Morgan fingerprint density at radius 1 is 0.939 bits per heavy atom. The highest BCUT2D eigenvalue weighted by Gasteiger charge is 2.32. The number of nitrogens with one attached hydrogen (secondary N) is 2. The van der Waals surface area contributed by atoms with Crippen LogP contribution in [0, 0.1) is 0 Å². The van der Waals surface area contributed by atoms with Gasteiger partial charge < -0.3 is 4.98 Å². The number of halogens is 2. The van der Waals surface area contributed by atoms with Crippen molar-refractivity contribution in [2.24, 2.45) is 0 Å². The first-order chi connectivity index (χ1) is 15.9. The van der Waals surface area contributed by atoms with Crippen LogP contribution in [-0.2, 0) is 4.79 Å². The van der Waals surface area contributed by atoms with E-state index in [1.807, 2.05) is 60.7 Å². The molecule has 0 fully saturated rings. The minimum atomic E-state index is -0.468. The standard InChI is InChI=1S/C26H19Cl2N3O2/c1-15(32)31-23(18-9-5-6-10-20(18)28)14-22(30-31)25-24(16-7-3-2-4-8-16)19-13-17(27)11-12-21(19)29-26(25)33/h2-14,23,30H,1H3,(H,29,33)/t23-/m0/s1. The van der Waals surface area contributed by atoms with Crippen molar-refractivity contribution in [2.45, 2.75) is 13.0 Å². The zero-order valence-corrected chi connectivity index (χ0v) is 19.1. The predicted molar refractivity (Wildman–Crippen MR) is 133 cm³/mol. The van der Waals surface area contributed by atoms with Gasteiger partial charge in [0.05, 0.1) is 11.3 Å². The topological polar surface area (TPSA) is 65.2 Å². The number of hydrazine groups is 1. The Labute approximate surface area is 200 Å². The number of aromatic nitrogens is 1. The first-order valence-corrected chi connectivity index (χ1v) is 11.1. The number of nitrogens with zero attached hydrogens (tertiary/aromatic N) is 1. The number of pyridine rings is 1. The molecule has 7 heteroatoms. The summed E-state index contributed by atoms with van der Waals surface area (Å²) in [6.45, 7) is 1.47.